The molecule has 1 amide bonds. The normalized spacial score (nSPS) is 15.8. The number of piperidine rings is 1. The monoisotopic (exact) mass is 788 g/mol. The summed E-state index contributed by atoms with van der Waals surface area (Å²) in [4.78, 5) is 35.0. The lowest BCUT2D eigenvalue weighted by molar-refractivity contribution is 0.108. The number of carbonyl (C=O) groups excluding carboxylic acids is 1. The number of methoxy groups -OCH3 is 1. The average Bonchev–Trinajstić information content (AvgIpc) is 3.47. The molecule has 2 aromatic carbocycles. The van der Waals surface area contributed by atoms with Gasteiger partial charge in [0, 0.05) is 80.9 Å². The minimum Gasteiger partial charge on any atom is -0.494 e. The van der Waals surface area contributed by atoms with Crippen LogP contribution in [0.5, 0.6) is 5.75 Å². The molecule has 0 bridgehead atoms. The van der Waals surface area contributed by atoms with Gasteiger partial charge in [-0.15, -0.1) is 0 Å². The number of nitrogens with one attached hydrogen (secondary N) is 2. The maximum absolute atomic E-state index is 13.5. The van der Waals surface area contributed by atoms with Crippen LogP contribution in [0, 0.1) is 5.92 Å². The van der Waals surface area contributed by atoms with Crippen molar-refractivity contribution < 1.29 is 18.8 Å². The molecule has 272 valence electrons. The highest BCUT2D eigenvalue weighted by molar-refractivity contribution is 9.10. The topological polar surface area (TPSA) is 153 Å². The molecule has 14 nitrogen and oxygen atoms in total. The van der Waals surface area contributed by atoms with Crippen molar-refractivity contribution in [3.8, 4) is 16.9 Å². The maximum atomic E-state index is 13.5. The van der Waals surface area contributed by atoms with Gasteiger partial charge in [0.05, 0.1) is 46.6 Å². The summed E-state index contributed by atoms with van der Waals surface area (Å²) in [5.41, 5.74) is 5.56. The van der Waals surface area contributed by atoms with E-state index in [2.05, 4.69) is 57.6 Å². The molecule has 2 aliphatic heterocycles. The number of fused-ring (bicyclic) bond motifs is 1. The standard InChI is InChI=1S/C36H42BrN10O4P/c1-45-22-24(19-41-45)25-17-29(31(50-2)18-30(25)46-14-9-23(10-15-46)21-47-13-5-6-16-51-36(47)48)43-35-40-20-26(37)34(44-35)42-28-8-7-27-32(39-12-11-38-27)33(28)52(3,4)49/h7-8,11-12,17-20,22-23H,5-6,9-10,13-16,21H2,1-4H3,(H2,40,42,43,44). The summed E-state index contributed by atoms with van der Waals surface area (Å²) in [6.45, 7) is 7.11. The second-order valence-electron chi connectivity index (χ2n) is 13.5. The number of anilines is 5. The van der Waals surface area contributed by atoms with E-state index in [1.54, 1.807) is 43.7 Å². The smallest absolute Gasteiger partial charge is 0.409 e. The molecule has 5 heterocycles. The average molecular weight is 790 g/mol. The van der Waals surface area contributed by atoms with Crippen molar-refractivity contribution in [1.29, 1.82) is 0 Å². The largest absolute Gasteiger partial charge is 0.494 e. The van der Waals surface area contributed by atoms with E-state index in [9.17, 15) is 9.36 Å². The number of nitrogens with zero attached hydrogens (tertiary/aromatic N) is 8. The number of hydrogen-bond donors (Lipinski definition) is 2. The number of amides is 1. The fourth-order valence-corrected chi connectivity index (χ4v) is 8.58. The SMILES string of the molecule is COc1cc(N2CCC(CN3CCCCOC3=O)CC2)c(-c2cnn(C)c2)cc1Nc1ncc(Br)c(Nc2ccc3nccnc3c2P(C)(C)=O)n1. The van der Waals surface area contributed by atoms with E-state index < -0.39 is 7.14 Å². The second kappa shape index (κ2) is 15.1. The van der Waals surface area contributed by atoms with Gasteiger partial charge in [-0.3, -0.25) is 14.6 Å². The fraction of sp³-hybridized carbons (Fsp3) is 0.389. The molecular weight excluding hydrogens is 747 g/mol. The van der Waals surface area contributed by atoms with Crippen molar-refractivity contribution in [1.82, 2.24) is 34.6 Å². The van der Waals surface area contributed by atoms with Gasteiger partial charge in [0.15, 0.2) is 0 Å². The molecule has 2 N–H and O–H groups in total. The van der Waals surface area contributed by atoms with Crippen molar-refractivity contribution in [3.05, 3.63) is 59.7 Å². The summed E-state index contributed by atoms with van der Waals surface area (Å²) in [6, 6.07) is 7.80. The van der Waals surface area contributed by atoms with Crippen LogP contribution in [0.15, 0.2) is 59.7 Å². The second-order valence-corrected chi connectivity index (χ2v) is 17.6. The molecule has 0 atom stereocenters. The van der Waals surface area contributed by atoms with E-state index in [-0.39, 0.29) is 6.09 Å². The number of aryl methyl sites for hydroxylation is 1. The lowest BCUT2D eigenvalue weighted by Gasteiger charge is -2.36. The molecule has 16 heteroatoms. The Bertz CT molecular complexity index is 2150. The first-order valence-electron chi connectivity index (χ1n) is 17.3. The lowest BCUT2D eigenvalue weighted by atomic mass is 9.94. The first kappa shape index (κ1) is 35.6. The molecule has 2 aliphatic rings. The van der Waals surface area contributed by atoms with Crippen LogP contribution in [-0.2, 0) is 16.3 Å². The molecule has 2 fully saturated rings. The van der Waals surface area contributed by atoms with Gasteiger partial charge in [-0.2, -0.15) is 10.1 Å². The Kier molecular flexibility index (Phi) is 10.3. The van der Waals surface area contributed by atoms with E-state index in [4.69, 9.17) is 14.5 Å². The Labute approximate surface area is 310 Å². The number of ether oxygens (including phenoxy) is 2. The molecule has 0 unspecified atom stereocenters. The Balaban J connectivity index is 1.16. The van der Waals surface area contributed by atoms with E-state index >= 15 is 0 Å². The summed E-state index contributed by atoms with van der Waals surface area (Å²) in [5.74, 6) is 1.85. The Morgan fingerprint density at radius 1 is 1.02 bits per heavy atom. The van der Waals surface area contributed by atoms with Crippen LogP contribution in [-0.4, -0.2) is 93.9 Å². The molecule has 0 saturated carbocycles. The molecule has 2 saturated heterocycles. The zero-order valence-corrected chi connectivity index (χ0v) is 32.2. The van der Waals surface area contributed by atoms with Crippen molar-refractivity contribution in [2.24, 2.45) is 13.0 Å². The van der Waals surface area contributed by atoms with E-state index in [1.807, 2.05) is 42.5 Å². The van der Waals surface area contributed by atoms with Gasteiger partial charge < -0.3 is 34.5 Å². The van der Waals surface area contributed by atoms with Gasteiger partial charge in [-0.25, -0.2) is 9.78 Å². The third-order valence-corrected chi connectivity index (χ3v) is 11.6. The summed E-state index contributed by atoms with van der Waals surface area (Å²) in [7, 11) is 0.764. The Hall–Kier alpha value is -4.75. The number of halogens is 1. The minimum atomic E-state index is -2.78. The predicted molar refractivity (Wildman–Crippen MR) is 207 cm³/mol. The number of aromatic nitrogens is 6. The van der Waals surface area contributed by atoms with E-state index in [0.717, 1.165) is 68.7 Å². The van der Waals surface area contributed by atoms with Crippen molar-refractivity contribution in [2.45, 2.75) is 25.7 Å². The van der Waals surface area contributed by atoms with Crippen LogP contribution in [0.4, 0.5) is 33.6 Å². The molecule has 5 aromatic rings. The molecule has 7 rings (SSSR count). The van der Waals surface area contributed by atoms with Crippen LogP contribution in [0.25, 0.3) is 22.2 Å². The molecule has 0 spiro atoms. The lowest BCUT2D eigenvalue weighted by Crippen LogP contribution is -2.41. The van der Waals surface area contributed by atoms with Gasteiger partial charge in [0.2, 0.25) is 5.95 Å². The maximum Gasteiger partial charge on any atom is 0.409 e. The van der Waals surface area contributed by atoms with Crippen LogP contribution >= 0.6 is 23.1 Å². The summed E-state index contributed by atoms with van der Waals surface area (Å²) < 4.78 is 27.2. The van der Waals surface area contributed by atoms with Gasteiger partial charge in [-0.05, 0) is 79.1 Å². The highest BCUT2D eigenvalue weighted by atomic mass is 79.9. The molecule has 3 aromatic heterocycles. The molecule has 0 aliphatic carbocycles. The number of carbonyl (C=O) groups is 1. The van der Waals surface area contributed by atoms with Crippen LogP contribution in [0.2, 0.25) is 0 Å². The van der Waals surface area contributed by atoms with Crippen molar-refractivity contribution in [2.75, 3.05) is 68.8 Å². The number of rotatable bonds is 10. The molecule has 0 radical (unpaired) electrons. The first-order valence-corrected chi connectivity index (χ1v) is 20.7. The van der Waals surface area contributed by atoms with Gasteiger partial charge in [-0.1, -0.05) is 0 Å². The minimum absolute atomic E-state index is 0.190. The van der Waals surface area contributed by atoms with Crippen LogP contribution in [0.3, 0.4) is 0 Å². The number of cyclic esters (lactones) is 1. The third kappa shape index (κ3) is 7.70. The quantitative estimate of drug-likeness (QED) is 0.144. The van der Waals surface area contributed by atoms with Crippen LogP contribution < -0.4 is 25.6 Å². The highest BCUT2D eigenvalue weighted by Gasteiger charge is 2.28. The number of benzene rings is 2. The Morgan fingerprint density at radius 2 is 1.83 bits per heavy atom. The van der Waals surface area contributed by atoms with E-state index in [1.165, 1.54) is 0 Å². The molecular formula is C36H42BrN10O4P. The van der Waals surface area contributed by atoms with Gasteiger partial charge in [0.1, 0.15) is 24.2 Å². The predicted octanol–water partition coefficient (Wildman–Crippen LogP) is 6.78. The summed E-state index contributed by atoms with van der Waals surface area (Å²) in [6.07, 6.45) is 12.4. The van der Waals surface area contributed by atoms with E-state index in [0.29, 0.717) is 62.2 Å². The fourth-order valence-electron chi connectivity index (χ4n) is 6.90. The van der Waals surface area contributed by atoms with Crippen molar-refractivity contribution >= 4 is 74.3 Å². The van der Waals surface area contributed by atoms with Crippen molar-refractivity contribution in [3.63, 3.8) is 0 Å². The van der Waals surface area contributed by atoms with Crippen LogP contribution in [0.1, 0.15) is 25.7 Å². The summed E-state index contributed by atoms with van der Waals surface area (Å²) >= 11 is 3.59. The zero-order chi connectivity index (χ0) is 36.4. The zero-order valence-electron chi connectivity index (χ0n) is 29.7. The number of hydrogen-bond acceptors (Lipinski definition) is 12. The first-order chi connectivity index (χ1) is 25.1. The van der Waals surface area contributed by atoms with Gasteiger partial charge in [0.25, 0.3) is 0 Å². The molecule has 52 heavy (non-hydrogen) atoms. The Morgan fingerprint density at radius 3 is 2.58 bits per heavy atom. The third-order valence-electron chi connectivity index (χ3n) is 9.47. The highest BCUT2D eigenvalue weighted by Crippen LogP contribution is 2.43. The summed E-state index contributed by atoms with van der Waals surface area (Å²) in [5, 5.41) is 11.8. The van der Waals surface area contributed by atoms with Gasteiger partial charge >= 0.3 is 6.09 Å².